The van der Waals surface area contributed by atoms with Gasteiger partial charge in [0.25, 0.3) is 5.91 Å². The summed E-state index contributed by atoms with van der Waals surface area (Å²) in [6.45, 7) is 3.96. The summed E-state index contributed by atoms with van der Waals surface area (Å²) in [5.41, 5.74) is 8.68. The van der Waals surface area contributed by atoms with Crippen molar-refractivity contribution in [3.63, 3.8) is 0 Å². The standard InChI is InChI=1S/C16H17FN2O/c1-10-5-3-4-6-12(10)9-19-16(20)13-7-14(17)11(2)15(18)8-13/h3-8H,9,18H2,1-2H3,(H,19,20). The van der Waals surface area contributed by atoms with Crippen LogP contribution < -0.4 is 11.1 Å². The molecule has 0 aliphatic heterocycles. The molecule has 0 radical (unpaired) electrons. The number of hydrogen-bond donors (Lipinski definition) is 2. The first-order chi connectivity index (χ1) is 9.49. The van der Waals surface area contributed by atoms with Gasteiger partial charge in [0.1, 0.15) is 5.82 Å². The third kappa shape index (κ3) is 2.96. The number of nitrogen functional groups attached to an aromatic ring is 1. The summed E-state index contributed by atoms with van der Waals surface area (Å²) in [7, 11) is 0. The van der Waals surface area contributed by atoms with E-state index in [2.05, 4.69) is 5.32 Å². The fourth-order valence-electron chi connectivity index (χ4n) is 1.92. The zero-order valence-electron chi connectivity index (χ0n) is 11.5. The van der Waals surface area contributed by atoms with Crippen LogP contribution in [0.15, 0.2) is 36.4 Å². The monoisotopic (exact) mass is 272 g/mol. The smallest absolute Gasteiger partial charge is 0.251 e. The first kappa shape index (κ1) is 14.1. The molecular formula is C16H17FN2O. The van der Waals surface area contributed by atoms with Crippen molar-refractivity contribution in [2.45, 2.75) is 20.4 Å². The average molecular weight is 272 g/mol. The van der Waals surface area contributed by atoms with E-state index in [1.54, 1.807) is 6.92 Å². The van der Waals surface area contributed by atoms with Crippen LogP contribution in [-0.4, -0.2) is 5.91 Å². The number of benzene rings is 2. The van der Waals surface area contributed by atoms with E-state index in [-0.39, 0.29) is 17.2 Å². The molecule has 0 saturated carbocycles. The molecule has 3 N–H and O–H groups in total. The number of carbonyl (C=O) groups is 1. The summed E-state index contributed by atoms with van der Waals surface area (Å²) in [5, 5.41) is 2.77. The van der Waals surface area contributed by atoms with Gasteiger partial charge in [-0.25, -0.2) is 4.39 Å². The number of rotatable bonds is 3. The Morgan fingerprint density at radius 2 is 1.95 bits per heavy atom. The van der Waals surface area contributed by atoms with Crippen molar-refractivity contribution in [1.29, 1.82) is 0 Å². The molecule has 0 unspecified atom stereocenters. The maximum Gasteiger partial charge on any atom is 0.251 e. The number of halogens is 1. The van der Waals surface area contributed by atoms with Crippen LogP contribution >= 0.6 is 0 Å². The zero-order chi connectivity index (χ0) is 14.7. The maximum atomic E-state index is 13.6. The number of amides is 1. The molecule has 4 heteroatoms. The predicted octanol–water partition coefficient (Wildman–Crippen LogP) is 2.95. The molecule has 0 bridgehead atoms. The van der Waals surface area contributed by atoms with Crippen LogP contribution in [0.2, 0.25) is 0 Å². The molecule has 0 aliphatic rings. The molecule has 1 amide bonds. The van der Waals surface area contributed by atoms with Crippen molar-refractivity contribution in [3.8, 4) is 0 Å². The highest BCUT2D eigenvalue weighted by molar-refractivity contribution is 5.95. The highest BCUT2D eigenvalue weighted by Gasteiger charge is 2.11. The van der Waals surface area contributed by atoms with Crippen LogP contribution in [0.1, 0.15) is 27.0 Å². The van der Waals surface area contributed by atoms with Gasteiger partial charge in [-0.15, -0.1) is 0 Å². The lowest BCUT2D eigenvalue weighted by Gasteiger charge is -2.09. The Morgan fingerprint density at radius 1 is 1.25 bits per heavy atom. The van der Waals surface area contributed by atoms with Crippen LogP contribution in [0.5, 0.6) is 0 Å². The van der Waals surface area contributed by atoms with Gasteiger partial charge in [0.2, 0.25) is 0 Å². The van der Waals surface area contributed by atoms with E-state index in [1.807, 2.05) is 31.2 Å². The second kappa shape index (κ2) is 5.74. The van der Waals surface area contributed by atoms with E-state index in [0.717, 1.165) is 11.1 Å². The van der Waals surface area contributed by atoms with Crippen LogP contribution in [0.4, 0.5) is 10.1 Å². The van der Waals surface area contributed by atoms with Gasteiger partial charge in [0, 0.05) is 23.4 Å². The summed E-state index contributed by atoms with van der Waals surface area (Å²) >= 11 is 0. The zero-order valence-corrected chi connectivity index (χ0v) is 11.5. The van der Waals surface area contributed by atoms with Gasteiger partial charge in [-0.2, -0.15) is 0 Å². The molecule has 0 spiro atoms. The second-order valence-electron chi connectivity index (χ2n) is 4.78. The molecule has 2 aromatic carbocycles. The van der Waals surface area contributed by atoms with Crippen molar-refractivity contribution < 1.29 is 9.18 Å². The number of aryl methyl sites for hydroxylation is 1. The van der Waals surface area contributed by atoms with Gasteiger partial charge in [0.15, 0.2) is 0 Å². The minimum Gasteiger partial charge on any atom is -0.398 e. The summed E-state index contributed by atoms with van der Waals surface area (Å²) in [4.78, 5) is 12.0. The molecular weight excluding hydrogens is 255 g/mol. The first-order valence-electron chi connectivity index (χ1n) is 6.37. The van der Waals surface area contributed by atoms with Crippen LogP contribution in [0.3, 0.4) is 0 Å². The fraction of sp³-hybridized carbons (Fsp3) is 0.188. The van der Waals surface area contributed by atoms with E-state index in [4.69, 9.17) is 5.73 Å². The average Bonchev–Trinajstić information content (AvgIpc) is 2.43. The normalized spacial score (nSPS) is 10.3. The van der Waals surface area contributed by atoms with Gasteiger partial charge in [0.05, 0.1) is 0 Å². The third-order valence-corrected chi connectivity index (χ3v) is 3.35. The number of nitrogens with one attached hydrogen (secondary N) is 1. The molecule has 0 saturated heterocycles. The van der Waals surface area contributed by atoms with Gasteiger partial charge in [-0.3, -0.25) is 4.79 Å². The maximum absolute atomic E-state index is 13.6. The summed E-state index contributed by atoms with van der Waals surface area (Å²) in [6.07, 6.45) is 0. The van der Waals surface area contributed by atoms with Crippen molar-refractivity contribution in [1.82, 2.24) is 5.32 Å². The van der Waals surface area contributed by atoms with E-state index < -0.39 is 5.82 Å². The van der Waals surface area contributed by atoms with Crippen LogP contribution in [-0.2, 0) is 6.54 Å². The summed E-state index contributed by atoms with van der Waals surface area (Å²) in [5.74, 6) is -0.801. The molecule has 3 nitrogen and oxygen atoms in total. The predicted molar refractivity (Wildman–Crippen MR) is 77.9 cm³/mol. The van der Waals surface area contributed by atoms with Crippen LogP contribution in [0, 0.1) is 19.7 Å². The number of anilines is 1. The van der Waals surface area contributed by atoms with E-state index in [0.29, 0.717) is 12.1 Å². The van der Waals surface area contributed by atoms with Crippen LogP contribution in [0.25, 0.3) is 0 Å². The number of hydrogen-bond acceptors (Lipinski definition) is 2. The van der Waals surface area contributed by atoms with E-state index in [1.165, 1.54) is 12.1 Å². The highest BCUT2D eigenvalue weighted by Crippen LogP contribution is 2.17. The molecule has 20 heavy (non-hydrogen) atoms. The summed E-state index contributed by atoms with van der Waals surface area (Å²) < 4.78 is 13.6. The molecule has 2 aromatic rings. The Kier molecular flexibility index (Phi) is 4.03. The Hall–Kier alpha value is -2.36. The molecule has 0 aliphatic carbocycles. The number of nitrogens with two attached hydrogens (primary N) is 1. The van der Waals surface area contributed by atoms with E-state index in [9.17, 15) is 9.18 Å². The highest BCUT2D eigenvalue weighted by atomic mass is 19.1. The Balaban J connectivity index is 2.11. The second-order valence-corrected chi connectivity index (χ2v) is 4.78. The first-order valence-corrected chi connectivity index (χ1v) is 6.37. The van der Waals surface area contributed by atoms with Crippen molar-refractivity contribution >= 4 is 11.6 Å². The van der Waals surface area contributed by atoms with Gasteiger partial charge >= 0.3 is 0 Å². The van der Waals surface area contributed by atoms with Crippen molar-refractivity contribution in [2.75, 3.05) is 5.73 Å². The molecule has 0 heterocycles. The van der Waals surface area contributed by atoms with Crippen molar-refractivity contribution in [3.05, 3.63) is 64.5 Å². The van der Waals surface area contributed by atoms with E-state index >= 15 is 0 Å². The third-order valence-electron chi connectivity index (χ3n) is 3.35. The Labute approximate surface area is 117 Å². The molecule has 104 valence electrons. The Bertz CT molecular complexity index is 630. The lowest BCUT2D eigenvalue weighted by Crippen LogP contribution is -2.23. The minimum atomic E-state index is -0.467. The minimum absolute atomic E-state index is 0.235. The lowest BCUT2D eigenvalue weighted by molar-refractivity contribution is 0.0950. The largest absolute Gasteiger partial charge is 0.398 e. The topological polar surface area (TPSA) is 55.1 Å². The Morgan fingerprint density at radius 3 is 2.60 bits per heavy atom. The lowest BCUT2D eigenvalue weighted by atomic mass is 10.1. The molecule has 0 aromatic heterocycles. The van der Waals surface area contributed by atoms with Gasteiger partial charge < -0.3 is 11.1 Å². The van der Waals surface area contributed by atoms with Crippen molar-refractivity contribution in [2.24, 2.45) is 0 Å². The fourth-order valence-corrected chi connectivity index (χ4v) is 1.92. The molecule has 0 atom stereocenters. The van der Waals surface area contributed by atoms with Gasteiger partial charge in [-0.05, 0) is 37.1 Å². The molecule has 2 rings (SSSR count). The molecule has 0 fully saturated rings. The quantitative estimate of drug-likeness (QED) is 0.844. The van der Waals surface area contributed by atoms with Gasteiger partial charge in [-0.1, -0.05) is 24.3 Å². The summed E-state index contributed by atoms with van der Waals surface area (Å²) in [6, 6.07) is 10.5. The number of carbonyl (C=O) groups excluding carboxylic acids is 1. The SMILES string of the molecule is Cc1ccccc1CNC(=O)c1cc(N)c(C)c(F)c1.